The second-order valence-corrected chi connectivity index (χ2v) is 7.84. The Morgan fingerprint density at radius 3 is 2.58 bits per heavy atom. The second-order valence-electron chi connectivity index (χ2n) is 5.91. The van der Waals surface area contributed by atoms with Gasteiger partial charge in [-0.15, -0.1) is 0 Å². The van der Waals surface area contributed by atoms with Crippen molar-refractivity contribution in [3.8, 4) is 5.75 Å². The number of amides is 1. The maximum atomic E-state index is 13.5. The van der Waals surface area contributed by atoms with Gasteiger partial charge in [0.05, 0.1) is 4.90 Å². The Morgan fingerprint density at radius 1 is 1.12 bits per heavy atom. The van der Waals surface area contributed by atoms with E-state index >= 15 is 0 Å². The van der Waals surface area contributed by atoms with E-state index in [-0.39, 0.29) is 17.3 Å². The van der Waals surface area contributed by atoms with E-state index < -0.39 is 21.7 Å². The molecule has 6 nitrogen and oxygen atoms in total. The Labute approximate surface area is 151 Å². The summed E-state index contributed by atoms with van der Waals surface area (Å²) in [7, 11) is -3.56. The van der Waals surface area contributed by atoms with Crippen LogP contribution in [0.3, 0.4) is 0 Å². The van der Waals surface area contributed by atoms with Crippen LogP contribution in [0.5, 0.6) is 5.75 Å². The molecule has 2 aromatic carbocycles. The van der Waals surface area contributed by atoms with Crippen LogP contribution in [0.4, 0.5) is 10.1 Å². The highest BCUT2D eigenvalue weighted by Gasteiger charge is 2.27. The maximum Gasteiger partial charge on any atom is 0.262 e. The zero-order chi connectivity index (χ0) is 18.6. The predicted molar refractivity (Wildman–Crippen MR) is 95.0 cm³/mol. The van der Waals surface area contributed by atoms with Crippen molar-refractivity contribution in [2.75, 3.05) is 25.0 Å². The molecule has 0 aromatic heterocycles. The van der Waals surface area contributed by atoms with E-state index in [0.717, 1.165) is 12.8 Å². The third-order valence-corrected chi connectivity index (χ3v) is 5.91. The molecule has 0 bridgehead atoms. The molecule has 1 N–H and O–H groups in total. The molecule has 1 fully saturated rings. The zero-order valence-corrected chi connectivity index (χ0v) is 14.8. The number of ether oxygens (including phenoxy) is 1. The quantitative estimate of drug-likeness (QED) is 0.838. The number of nitrogens with zero attached hydrogens (tertiary/aromatic N) is 1. The number of anilines is 1. The summed E-state index contributed by atoms with van der Waals surface area (Å²) in [6.45, 7) is 0.634. The van der Waals surface area contributed by atoms with Crippen molar-refractivity contribution in [1.82, 2.24) is 4.31 Å². The van der Waals surface area contributed by atoms with E-state index in [1.807, 2.05) is 0 Å². The first-order valence-corrected chi connectivity index (χ1v) is 9.68. The van der Waals surface area contributed by atoms with Crippen LogP contribution < -0.4 is 10.1 Å². The molecule has 0 atom stereocenters. The van der Waals surface area contributed by atoms with Gasteiger partial charge in [-0.05, 0) is 43.2 Å². The normalized spacial score (nSPS) is 15.0. The number of sulfonamides is 1. The van der Waals surface area contributed by atoms with Crippen molar-refractivity contribution >= 4 is 21.6 Å². The maximum absolute atomic E-state index is 13.5. The summed E-state index contributed by atoms with van der Waals surface area (Å²) in [5, 5.41) is 2.57. The monoisotopic (exact) mass is 378 g/mol. The molecule has 0 radical (unpaired) electrons. The molecule has 2 aromatic rings. The van der Waals surface area contributed by atoms with Gasteiger partial charge in [-0.2, -0.15) is 4.31 Å². The smallest absolute Gasteiger partial charge is 0.262 e. The van der Waals surface area contributed by atoms with Gasteiger partial charge in [0, 0.05) is 18.8 Å². The number of para-hydroxylation sites is 1. The molecule has 8 heteroatoms. The number of hydrogen-bond donors (Lipinski definition) is 1. The molecule has 0 unspecified atom stereocenters. The van der Waals surface area contributed by atoms with Crippen LogP contribution in [0.2, 0.25) is 0 Å². The zero-order valence-electron chi connectivity index (χ0n) is 14.0. The van der Waals surface area contributed by atoms with Gasteiger partial charge in [-0.25, -0.2) is 12.8 Å². The van der Waals surface area contributed by atoms with Crippen molar-refractivity contribution in [3.63, 3.8) is 0 Å². The number of carbonyl (C=O) groups is 1. The molecular formula is C18H19FN2O4S. The largest absolute Gasteiger partial charge is 0.481 e. The van der Waals surface area contributed by atoms with Gasteiger partial charge < -0.3 is 10.1 Å². The summed E-state index contributed by atoms with van der Waals surface area (Å²) in [6.07, 6.45) is 1.70. The number of halogens is 1. The van der Waals surface area contributed by atoms with Crippen molar-refractivity contribution in [3.05, 3.63) is 54.3 Å². The lowest BCUT2D eigenvalue weighted by molar-refractivity contribution is -0.118. The van der Waals surface area contributed by atoms with Crippen LogP contribution in [0, 0.1) is 5.82 Å². The highest BCUT2D eigenvalue weighted by Crippen LogP contribution is 2.23. The predicted octanol–water partition coefficient (Wildman–Crippen LogP) is 2.63. The van der Waals surface area contributed by atoms with Crippen LogP contribution in [0.1, 0.15) is 12.8 Å². The van der Waals surface area contributed by atoms with Crippen molar-refractivity contribution in [1.29, 1.82) is 0 Å². The lowest BCUT2D eigenvalue weighted by Gasteiger charge is -2.16. The molecule has 1 amide bonds. The SMILES string of the molecule is O=C(COc1ccccc1F)Nc1cccc(S(=O)(=O)N2CCCC2)c1. The molecule has 0 aliphatic carbocycles. The molecule has 1 heterocycles. The van der Waals surface area contributed by atoms with E-state index in [4.69, 9.17) is 4.74 Å². The minimum Gasteiger partial charge on any atom is -0.481 e. The summed E-state index contributed by atoms with van der Waals surface area (Å²) < 4.78 is 45.2. The van der Waals surface area contributed by atoms with Gasteiger partial charge >= 0.3 is 0 Å². The van der Waals surface area contributed by atoms with Gasteiger partial charge in [0.1, 0.15) is 0 Å². The molecule has 1 aliphatic rings. The molecule has 1 saturated heterocycles. The Kier molecular flexibility index (Phi) is 5.53. The number of carbonyl (C=O) groups excluding carboxylic acids is 1. The van der Waals surface area contributed by atoms with Gasteiger partial charge in [0.25, 0.3) is 5.91 Å². The first-order valence-electron chi connectivity index (χ1n) is 8.24. The molecule has 26 heavy (non-hydrogen) atoms. The van der Waals surface area contributed by atoms with E-state index in [0.29, 0.717) is 18.8 Å². The first kappa shape index (κ1) is 18.3. The van der Waals surface area contributed by atoms with Gasteiger partial charge in [0.2, 0.25) is 10.0 Å². The van der Waals surface area contributed by atoms with E-state index in [1.54, 1.807) is 18.2 Å². The minimum atomic E-state index is -3.56. The molecular weight excluding hydrogens is 359 g/mol. The minimum absolute atomic E-state index is 0.0204. The fourth-order valence-corrected chi connectivity index (χ4v) is 4.28. The number of nitrogens with one attached hydrogen (secondary N) is 1. The number of benzene rings is 2. The van der Waals surface area contributed by atoms with E-state index in [9.17, 15) is 17.6 Å². The highest BCUT2D eigenvalue weighted by atomic mass is 32.2. The molecule has 0 spiro atoms. The molecule has 1 aliphatic heterocycles. The fourth-order valence-electron chi connectivity index (χ4n) is 2.71. The lowest BCUT2D eigenvalue weighted by Crippen LogP contribution is -2.28. The van der Waals surface area contributed by atoms with Gasteiger partial charge in [-0.1, -0.05) is 18.2 Å². The summed E-state index contributed by atoms with van der Waals surface area (Å²) in [4.78, 5) is 12.1. The van der Waals surface area contributed by atoms with Crippen molar-refractivity contribution in [2.45, 2.75) is 17.7 Å². The first-order chi connectivity index (χ1) is 12.5. The van der Waals surface area contributed by atoms with Crippen LogP contribution in [0.25, 0.3) is 0 Å². The van der Waals surface area contributed by atoms with Crippen molar-refractivity contribution in [2.24, 2.45) is 0 Å². The summed E-state index contributed by atoms with van der Waals surface area (Å²) >= 11 is 0. The van der Waals surface area contributed by atoms with Crippen LogP contribution in [-0.4, -0.2) is 38.3 Å². The van der Waals surface area contributed by atoms with Crippen LogP contribution in [-0.2, 0) is 14.8 Å². The Morgan fingerprint density at radius 2 is 1.85 bits per heavy atom. The van der Waals surface area contributed by atoms with Crippen LogP contribution in [0.15, 0.2) is 53.4 Å². The van der Waals surface area contributed by atoms with E-state index in [2.05, 4.69) is 5.32 Å². The number of rotatable bonds is 6. The summed E-state index contributed by atoms with van der Waals surface area (Å²) in [5.74, 6) is -1.09. The Balaban J connectivity index is 1.65. The lowest BCUT2D eigenvalue weighted by atomic mass is 10.3. The Bertz CT molecular complexity index is 896. The van der Waals surface area contributed by atoms with Gasteiger partial charge in [0.15, 0.2) is 18.2 Å². The second kappa shape index (κ2) is 7.84. The van der Waals surface area contributed by atoms with Crippen molar-refractivity contribution < 1.29 is 22.3 Å². The average molecular weight is 378 g/mol. The number of hydrogen-bond acceptors (Lipinski definition) is 4. The summed E-state index contributed by atoms with van der Waals surface area (Å²) in [6, 6.07) is 11.8. The third kappa shape index (κ3) is 4.20. The third-order valence-electron chi connectivity index (χ3n) is 4.02. The molecule has 0 saturated carbocycles. The van der Waals surface area contributed by atoms with Gasteiger partial charge in [-0.3, -0.25) is 4.79 Å². The standard InChI is InChI=1S/C18H19FN2O4S/c19-16-8-1-2-9-17(16)25-13-18(22)20-14-6-5-7-15(12-14)26(23,24)21-10-3-4-11-21/h1-2,5-9,12H,3-4,10-11,13H2,(H,20,22). The highest BCUT2D eigenvalue weighted by molar-refractivity contribution is 7.89. The molecule has 3 rings (SSSR count). The topological polar surface area (TPSA) is 75.7 Å². The van der Waals surface area contributed by atoms with Crippen LogP contribution >= 0.6 is 0 Å². The summed E-state index contributed by atoms with van der Waals surface area (Å²) in [5.41, 5.74) is 0.340. The Hall–Kier alpha value is -2.45. The van der Waals surface area contributed by atoms with E-state index in [1.165, 1.54) is 34.6 Å². The average Bonchev–Trinajstić information content (AvgIpc) is 3.17. The fraction of sp³-hybridized carbons (Fsp3) is 0.278. The molecule has 138 valence electrons.